The Hall–Kier alpha value is -2.40. The van der Waals surface area contributed by atoms with E-state index < -0.39 is 11.7 Å². The molecule has 0 heterocycles. The van der Waals surface area contributed by atoms with Crippen LogP contribution in [-0.2, 0) is 4.79 Å². The SMILES string of the molecule is O=C(COc1ccccc1F)N/N=C\c1ccccc1Cl. The number of carbonyl (C=O) groups excluding carboxylic acids is 1. The summed E-state index contributed by atoms with van der Waals surface area (Å²) in [6.45, 7) is -0.333. The number of carbonyl (C=O) groups is 1. The first-order chi connectivity index (χ1) is 10.2. The quantitative estimate of drug-likeness (QED) is 0.682. The summed E-state index contributed by atoms with van der Waals surface area (Å²) in [6, 6.07) is 12.9. The van der Waals surface area contributed by atoms with Crippen molar-refractivity contribution in [1.29, 1.82) is 0 Å². The molecule has 108 valence electrons. The summed E-state index contributed by atoms with van der Waals surface area (Å²) in [6.07, 6.45) is 1.42. The number of nitrogens with one attached hydrogen (secondary N) is 1. The highest BCUT2D eigenvalue weighted by atomic mass is 35.5. The lowest BCUT2D eigenvalue weighted by Crippen LogP contribution is -2.24. The van der Waals surface area contributed by atoms with Crippen LogP contribution in [0.25, 0.3) is 0 Å². The predicted octanol–water partition coefficient (Wildman–Crippen LogP) is 3.01. The van der Waals surface area contributed by atoms with Crippen molar-refractivity contribution in [2.75, 3.05) is 6.61 Å². The van der Waals surface area contributed by atoms with Gasteiger partial charge in [-0.05, 0) is 18.2 Å². The average molecular weight is 307 g/mol. The van der Waals surface area contributed by atoms with E-state index in [9.17, 15) is 9.18 Å². The molecular formula is C15H12ClFN2O2. The third-order valence-electron chi connectivity index (χ3n) is 2.49. The third-order valence-corrected chi connectivity index (χ3v) is 2.84. The van der Waals surface area contributed by atoms with Crippen molar-refractivity contribution in [2.24, 2.45) is 5.10 Å². The lowest BCUT2D eigenvalue weighted by molar-refractivity contribution is -0.123. The minimum atomic E-state index is -0.523. The van der Waals surface area contributed by atoms with Crippen molar-refractivity contribution < 1.29 is 13.9 Å². The number of hydrazone groups is 1. The van der Waals surface area contributed by atoms with E-state index in [1.165, 1.54) is 24.4 Å². The molecule has 0 radical (unpaired) electrons. The summed E-state index contributed by atoms with van der Waals surface area (Å²) >= 11 is 5.93. The van der Waals surface area contributed by atoms with Gasteiger partial charge < -0.3 is 4.74 Å². The Labute approximate surface area is 126 Å². The summed E-state index contributed by atoms with van der Waals surface area (Å²) in [5, 5.41) is 4.28. The number of amides is 1. The Balaban J connectivity index is 1.83. The molecule has 0 fully saturated rings. The summed E-state index contributed by atoms with van der Waals surface area (Å²) in [7, 11) is 0. The number of benzene rings is 2. The van der Waals surface area contributed by atoms with Crippen LogP contribution in [0.3, 0.4) is 0 Å². The Morgan fingerprint density at radius 1 is 1.24 bits per heavy atom. The summed E-state index contributed by atoms with van der Waals surface area (Å²) < 4.78 is 18.3. The second-order valence-electron chi connectivity index (χ2n) is 4.03. The number of hydrogen-bond donors (Lipinski definition) is 1. The molecule has 0 aromatic heterocycles. The molecule has 1 N–H and O–H groups in total. The summed E-state index contributed by atoms with van der Waals surface area (Å²) in [5.74, 6) is -1.01. The van der Waals surface area contributed by atoms with Crippen LogP contribution < -0.4 is 10.2 Å². The fraction of sp³-hybridized carbons (Fsp3) is 0.0667. The van der Waals surface area contributed by atoms with E-state index in [0.717, 1.165) is 0 Å². The van der Waals surface area contributed by atoms with Crippen molar-refractivity contribution in [1.82, 2.24) is 5.43 Å². The number of ether oxygens (including phenoxy) is 1. The molecule has 0 aliphatic heterocycles. The van der Waals surface area contributed by atoms with E-state index in [0.29, 0.717) is 10.6 Å². The minimum Gasteiger partial charge on any atom is -0.481 e. The molecule has 0 bridgehead atoms. The molecule has 0 unspecified atom stereocenters. The van der Waals surface area contributed by atoms with E-state index in [-0.39, 0.29) is 12.4 Å². The molecule has 2 aromatic rings. The van der Waals surface area contributed by atoms with Crippen LogP contribution in [0.5, 0.6) is 5.75 Å². The molecule has 2 aromatic carbocycles. The van der Waals surface area contributed by atoms with Crippen LogP contribution in [0.2, 0.25) is 5.02 Å². The van der Waals surface area contributed by atoms with Crippen molar-refractivity contribution >= 4 is 23.7 Å². The number of hydrogen-bond acceptors (Lipinski definition) is 3. The Morgan fingerprint density at radius 3 is 2.71 bits per heavy atom. The Bertz CT molecular complexity index is 662. The summed E-state index contributed by atoms with van der Waals surface area (Å²) in [5.41, 5.74) is 2.95. The molecule has 2 rings (SSSR count). The zero-order chi connectivity index (χ0) is 15.1. The molecule has 0 saturated heterocycles. The van der Waals surface area contributed by atoms with Crippen LogP contribution in [-0.4, -0.2) is 18.7 Å². The van der Waals surface area contributed by atoms with Gasteiger partial charge in [-0.3, -0.25) is 4.79 Å². The van der Waals surface area contributed by atoms with Crippen molar-refractivity contribution in [3.63, 3.8) is 0 Å². The molecule has 6 heteroatoms. The van der Waals surface area contributed by atoms with Crippen LogP contribution in [0.15, 0.2) is 53.6 Å². The highest BCUT2D eigenvalue weighted by Crippen LogP contribution is 2.15. The zero-order valence-electron chi connectivity index (χ0n) is 10.9. The van der Waals surface area contributed by atoms with Crippen LogP contribution >= 0.6 is 11.6 Å². The topological polar surface area (TPSA) is 50.7 Å². The van der Waals surface area contributed by atoms with E-state index in [4.69, 9.17) is 16.3 Å². The van der Waals surface area contributed by atoms with Crippen molar-refractivity contribution in [2.45, 2.75) is 0 Å². The molecule has 0 aliphatic carbocycles. The normalized spacial score (nSPS) is 10.6. The number of para-hydroxylation sites is 1. The van der Waals surface area contributed by atoms with Crippen LogP contribution in [0, 0.1) is 5.82 Å². The molecule has 0 aliphatic rings. The lowest BCUT2D eigenvalue weighted by Gasteiger charge is -2.05. The fourth-order valence-electron chi connectivity index (χ4n) is 1.49. The molecule has 0 atom stereocenters. The van der Waals surface area contributed by atoms with Gasteiger partial charge in [-0.15, -0.1) is 0 Å². The van der Waals surface area contributed by atoms with Crippen LogP contribution in [0.1, 0.15) is 5.56 Å². The average Bonchev–Trinajstić information content (AvgIpc) is 2.48. The van der Waals surface area contributed by atoms with Gasteiger partial charge in [0.1, 0.15) is 0 Å². The van der Waals surface area contributed by atoms with Gasteiger partial charge in [0.15, 0.2) is 18.2 Å². The molecule has 21 heavy (non-hydrogen) atoms. The van der Waals surface area contributed by atoms with Gasteiger partial charge in [-0.25, -0.2) is 9.82 Å². The summed E-state index contributed by atoms with van der Waals surface area (Å²) in [4.78, 5) is 11.5. The number of halogens is 2. The molecule has 0 spiro atoms. The molecular weight excluding hydrogens is 295 g/mol. The monoisotopic (exact) mass is 306 g/mol. The van der Waals surface area contributed by atoms with Gasteiger partial charge in [0.2, 0.25) is 0 Å². The Kier molecular flexibility index (Phi) is 5.29. The smallest absolute Gasteiger partial charge is 0.277 e. The first-order valence-electron chi connectivity index (χ1n) is 6.10. The number of rotatable bonds is 5. The van der Waals surface area contributed by atoms with E-state index >= 15 is 0 Å². The zero-order valence-corrected chi connectivity index (χ0v) is 11.7. The highest BCUT2D eigenvalue weighted by molar-refractivity contribution is 6.33. The van der Waals surface area contributed by atoms with Gasteiger partial charge in [0.05, 0.1) is 6.21 Å². The predicted molar refractivity (Wildman–Crippen MR) is 79.1 cm³/mol. The largest absolute Gasteiger partial charge is 0.481 e. The number of nitrogens with zero attached hydrogens (tertiary/aromatic N) is 1. The molecule has 4 nitrogen and oxygen atoms in total. The molecule has 1 amide bonds. The second kappa shape index (κ2) is 7.40. The maximum Gasteiger partial charge on any atom is 0.277 e. The second-order valence-corrected chi connectivity index (χ2v) is 4.44. The standard InChI is InChI=1S/C15H12ClFN2O2/c16-12-6-2-1-5-11(12)9-18-19-15(20)10-21-14-8-4-3-7-13(14)17/h1-9H,10H2,(H,19,20)/b18-9-. The highest BCUT2D eigenvalue weighted by Gasteiger charge is 2.05. The first-order valence-corrected chi connectivity index (χ1v) is 6.48. The van der Waals surface area contributed by atoms with Gasteiger partial charge in [-0.1, -0.05) is 41.9 Å². The van der Waals surface area contributed by atoms with Crippen molar-refractivity contribution in [3.05, 3.63) is 64.9 Å². The van der Waals surface area contributed by atoms with E-state index in [1.54, 1.807) is 30.3 Å². The van der Waals surface area contributed by atoms with Gasteiger partial charge >= 0.3 is 0 Å². The maximum atomic E-state index is 13.3. The lowest BCUT2D eigenvalue weighted by atomic mass is 10.2. The van der Waals surface area contributed by atoms with Gasteiger partial charge in [0, 0.05) is 10.6 Å². The maximum absolute atomic E-state index is 13.3. The van der Waals surface area contributed by atoms with Gasteiger partial charge in [-0.2, -0.15) is 5.10 Å². The van der Waals surface area contributed by atoms with Gasteiger partial charge in [0.25, 0.3) is 5.91 Å². The van der Waals surface area contributed by atoms with E-state index in [1.807, 2.05) is 0 Å². The van der Waals surface area contributed by atoms with Crippen molar-refractivity contribution in [3.8, 4) is 5.75 Å². The first kappa shape index (κ1) is 15.0. The van der Waals surface area contributed by atoms with Crippen LogP contribution in [0.4, 0.5) is 4.39 Å². The Morgan fingerprint density at radius 2 is 1.95 bits per heavy atom. The fourth-order valence-corrected chi connectivity index (χ4v) is 1.68. The molecule has 0 saturated carbocycles. The van der Waals surface area contributed by atoms with E-state index in [2.05, 4.69) is 10.5 Å². The minimum absolute atomic E-state index is 0.0164. The third kappa shape index (κ3) is 4.57.